The molecule has 0 unspecified atom stereocenters. The van der Waals surface area contributed by atoms with Crippen LogP contribution in [0.4, 0.5) is 0 Å². The Labute approximate surface area is 55.6 Å². The zero-order chi connectivity index (χ0) is 4.12. The van der Waals surface area contributed by atoms with Crippen LogP contribution < -0.4 is 11.3 Å². The Balaban J connectivity index is -0.0000000800. The standard InChI is InChI=1S/C3H6N2.2ClH/c1-2-3-5-4;;/h5H,4H2,1H3;2*1H. The predicted molar refractivity (Wildman–Crippen MR) is 35.3 cm³/mol. The molecule has 0 radical (unpaired) electrons. The quantitative estimate of drug-likeness (QED) is 0.221. The average molecular weight is 143 g/mol. The van der Waals surface area contributed by atoms with Gasteiger partial charge in [0.2, 0.25) is 0 Å². The van der Waals surface area contributed by atoms with E-state index in [0.717, 1.165) is 0 Å². The maximum atomic E-state index is 4.72. The van der Waals surface area contributed by atoms with Gasteiger partial charge in [0.25, 0.3) is 0 Å². The number of halogens is 2. The molecule has 3 N–H and O–H groups in total. The fraction of sp³-hybridized carbons (Fsp3) is 0.333. The Kier molecular flexibility index (Phi) is 38.0. The smallest absolute Gasteiger partial charge is 0.0196 e. The molecule has 0 fully saturated rings. The summed E-state index contributed by atoms with van der Waals surface area (Å²) in [5.41, 5.74) is 2.16. The Morgan fingerprint density at radius 3 is 1.86 bits per heavy atom. The highest BCUT2D eigenvalue weighted by Crippen LogP contribution is 1.33. The molecule has 0 spiro atoms. The van der Waals surface area contributed by atoms with Gasteiger partial charge in [0.05, 0.1) is 0 Å². The number of hydrogen-bond donors (Lipinski definition) is 2. The zero-order valence-corrected chi connectivity index (χ0v) is 5.53. The van der Waals surface area contributed by atoms with Crippen molar-refractivity contribution in [3.63, 3.8) is 0 Å². The van der Waals surface area contributed by atoms with Gasteiger partial charge in [-0.05, 0) is 6.92 Å². The van der Waals surface area contributed by atoms with E-state index in [4.69, 9.17) is 5.84 Å². The highest BCUT2D eigenvalue weighted by Gasteiger charge is 1.40. The normalized spacial score (nSPS) is 3.14. The van der Waals surface area contributed by atoms with Gasteiger partial charge < -0.3 is 0 Å². The monoisotopic (exact) mass is 142 g/mol. The third-order valence-electron chi connectivity index (χ3n) is 0.197. The zero-order valence-electron chi connectivity index (χ0n) is 3.89. The summed E-state index contributed by atoms with van der Waals surface area (Å²) in [7, 11) is 0. The minimum Gasteiger partial charge on any atom is -0.283 e. The van der Waals surface area contributed by atoms with Crippen LogP contribution in [0.15, 0.2) is 0 Å². The van der Waals surface area contributed by atoms with Crippen molar-refractivity contribution in [3.05, 3.63) is 0 Å². The molecule has 0 aromatic rings. The Morgan fingerprint density at radius 1 is 1.43 bits per heavy atom. The van der Waals surface area contributed by atoms with E-state index in [2.05, 4.69) is 17.4 Å². The second-order valence-corrected chi connectivity index (χ2v) is 0.519. The molecule has 0 rings (SSSR count). The molecule has 0 heterocycles. The number of hydrazine groups is 1. The van der Waals surface area contributed by atoms with Crippen LogP contribution in [0.5, 0.6) is 0 Å². The van der Waals surface area contributed by atoms with E-state index in [9.17, 15) is 0 Å². The third kappa shape index (κ3) is 24.9. The largest absolute Gasteiger partial charge is 0.283 e. The van der Waals surface area contributed by atoms with Crippen LogP contribution in [0.2, 0.25) is 0 Å². The number of hydrogen-bond acceptors (Lipinski definition) is 2. The molecule has 7 heavy (non-hydrogen) atoms. The Bertz CT molecular complexity index is 63.1. The molecule has 0 aliphatic rings. The number of nitrogens with one attached hydrogen (secondary N) is 1. The van der Waals surface area contributed by atoms with Gasteiger partial charge in [-0.2, -0.15) is 0 Å². The lowest BCUT2D eigenvalue weighted by Gasteiger charge is -1.69. The van der Waals surface area contributed by atoms with Gasteiger partial charge >= 0.3 is 0 Å². The van der Waals surface area contributed by atoms with Crippen molar-refractivity contribution < 1.29 is 0 Å². The molecule has 44 valence electrons. The summed E-state index contributed by atoms with van der Waals surface area (Å²) < 4.78 is 0. The molecular weight excluding hydrogens is 135 g/mol. The molecule has 0 aromatic heterocycles. The van der Waals surface area contributed by atoms with E-state index in [1.54, 1.807) is 6.92 Å². The van der Waals surface area contributed by atoms with Gasteiger partial charge in [-0.15, -0.1) is 24.8 Å². The second-order valence-electron chi connectivity index (χ2n) is 0.519. The molecule has 0 aliphatic carbocycles. The van der Waals surface area contributed by atoms with Crippen molar-refractivity contribution in [2.45, 2.75) is 6.92 Å². The lowest BCUT2D eigenvalue weighted by molar-refractivity contribution is 1.01. The minimum atomic E-state index is 0. The van der Waals surface area contributed by atoms with Gasteiger partial charge in [0, 0.05) is 6.04 Å². The van der Waals surface area contributed by atoms with E-state index in [-0.39, 0.29) is 24.8 Å². The average Bonchev–Trinajstić information content (AvgIpc) is 1.41. The fourth-order valence-corrected chi connectivity index (χ4v) is 0.0722. The van der Waals surface area contributed by atoms with E-state index in [1.807, 2.05) is 0 Å². The third-order valence-corrected chi connectivity index (χ3v) is 0.197. The highest BCUT2D eigenvalue weighted by molar-refractivity contribution is 5.85. The van der Waals surface area contributed by atoms with Crippen molar-refractivity contribution in [1.29, 1.82) is 0 Å². The first kappa shape index (κ1) is 15.8. The lowest BCUT2D eigenvalue weighted by atomic mass is 10.8. The van der Waals surface area contributed by atoms with E-state index in [1.165, 1.54) is 0 Å². The molecule has 0 bridgehead atoms. The predicted octanol–water partition coefficient (Wildman–Crippen LogP) is 0.274. The molecule has 0 amide bonds. The van der Waals surface area contributed by atoms with Gasteiger partial charge in [0.15, 0.2) is 0 Å². The van der Waals surface area contributed by atoms with Crippen LogP contribution in [0.1, 0.15) is 6.92 Å². The van der Waals surface area contributed by atoms with Crippen LogP contribution in [-0.4, -0.2) is 0 Å². The maximum Gasteiger partial charge on any atom is 0.0196 e. The first-order valence-electron chi connectivity index (χ1n) is 1.29. The van der Waals surface area contributed by atoms with Crippen LogP contribution in [0.3, 0.4) is 0 Å². The van der Waals surface area contributed by atoms with Gasteiger partial charge in [-0.25, -0.2) is 5.84 Å². The topological polar surface area (TPSA) is 38.0 Å². The first-order chi connectivity index (χ1) is 2.41. The minimum absolute atomic E-state index is 0. The summed E-state index contributed by atoms with van der Waals surface area (Å²) >= 11 is 0. The Morgan fingerprint density at radius 2 is 1.86 bits per heavy atom. The molecule has 0 atom stereocenters. The molecule has 0 aliphatic heterocycles. The molecule has 2 nitrogen and oxygen atoms in total. The fourth-order valence-electron chi connectivity index (χ4n) is 0.0722. The molecular formula is C3H8Cl2N2. The van der Waals surface area contributed by atoms with Crippen LogP contribution in [-0.2, 0) is 0 Å². The molecule has 0 saturated carbocycles. The van der Waals surface area contributed by atoms with E-state index < -0.39 is 0 Å². The molecule has 0 saturated heterocycles. The summed E-state index contributed by atoms with van der Waals surface area (Å²) in [6.45, 7) is 1.71. The van der Waals surface area contributed by atoms with Crippen LogP contribution in [0.25, 0.3) is 0 Å². The number of nitrogens with two attached hydrogens (primary N) is 1. The summed E-state index contributed by atoms with van der Waals surface area (Å²) in [4.78, 5) is 0. The lowest BCUT2D eigenvalue weighted by Crippen LogP contribution is -2.13. The second kappa shape index (κ2) is 16.8. The Hall–Kier alpha value is -0.100. The van der Waals surface area contributed by atoms with Crippen molar-refractivity contribution in [1.82, 2.24) is 5.43 Å². The first-order valence-corrected chi connectivity index (χ1v) is 1.29. The summed E-state index contributed by atoms with van der Waals surface area (Å²) in [5, 5.41) is 0. The summed E-state index contributed by atoms with van der Waals surface area (Å²) in [6, 6.07) is 2.39. The SMILES string of the molecule is CC#CNN.Cl.Cl. The van der Waals surface area contributed by atoms with Crippen molar-refractivity contribution >= 4 is 24.8 Å². The van der Waals surface area contributed by atoms with E-state index in [0.29, 0.717) is 0 Å². The van der Waals surface area contributed by atoms with E-state index >= 15 is 0 Å². The summed E-state index contributed by atoms with van der Waals surface area (Å²) in [5.74, 6) is 7.25. The highest BCUT2D eigenvalue weighted by atomic mass is 35.5. The van der Waals surface area contributed by atoms with Crippen molar-refractivity contribution in [2.75, 3.05) is 0 Å². The van der Waals surface area contributed by atoms with Gasteiger partial charge in [-0.1, -0.05) is 5.92 Å². The van der Waals surface area contributed by atoms with Crippen molar-refractivity contribution in [3.8, 4) is 12.0 Å². The van der Waals surface area contributed by atoms with Gasteiger partial charge in [-0.3, -0.25) is 5.43 Å². The summed E-state index contributed by atoms with van der Waals surface area (Å²) in [6.07, 6.45) is 0. The molecule has 0 aromatic carbocycles. The van der Waals surface area contributed by atoms with Crippen molar-refractivity contribution in [2.24, 2.45) is 5.84 Å². The molecule has 4 heteroatoms. The maximum absolute atomic E-state index is 4.72. The van der Waals surface area contributed by atoms with Crippen LogP contribution >= 0.6 is 24.8 Å². The van der Waals surface area contributed by atoms with Gasteiger partial charge in [0.1, 0.15) is 0 Å². The number of rotatable bonds is 0. The van der Waals surface area contributed by atoms with Crippen LogP contribution in [0, 0.1) is 12.0 Å².